The van der Waals surface area contributed by atoms with E-state index >= 15 is 0 Å². The predicted molar refractivity (Wildman–Crippen MR) is 92.0 cm³/mol. The number of hydrogen-bond acceptors (Lipinski definition) is 5. The fraction of sp³-hybridized carbons (Fsp3) is 0.294. The number of hydrogen-bond donors (Lipinski definition) is 1. The number of phenols is 1. The van der Waals surface area contributed by atoms with Crippen molar-refractivity contribution < 1.29 is 26.7 Å². The molecular weight excluding hydrogens is 330 g/mol. The van der Waals surface area contributed by atoms with E-state index in [1.165, 1.54) is 0 Å². The molecule has 24 heavy (non-hydrogen) atoms. The van der Waals surface area contributed by atoms with E-state index in [0.29, 0.717) is 5.75 Å². The minimum absolute atomic E-state index is 0.400. The van der Waals surface area contributed by atoms with Gasteiger partial charge in [0.2, 0.25) is 10.4 Å². The lowest BCUT2D eigenvalue weighted by Gasteiger charge is -2.24. The van der Waals surface area contributed by atoms with Crippen molar-refractivity contribution >= 4 is 10.4 Å². The van der Waals surface area contributed by atoms with Gasteiger partial charge in [-0.1, -0.05) is 42.5 Å². The Morgan fingerprint density at radius 3 is 2.04 bits per heavy atom. The van der Waals surface area contributed by atoms with Crippen molar-refractivity contribution in [1.82, 2.24) is 0 Å². The van der Waals surface area contributed by atoms with Gasteiger partial charge in [0.05, 0.1) is 28.3 Å². The Balaban J connectivity index is 0.000000413. The highest BCUT2D eigenvalue weighted by Crippen LogP contribution is 2.32. The van der Waals surface area contributed by atoms with Gasteiger partial charge in [-0.25, -0.2) is 8.42 Å². The second kappa shape index (κ2) is 8.25. The monoisotopic (exact) mass is 353 g/mol. The van der Waals surface area contributed by atoms with Gasteiger partial charge in [0.25, 0.3) is 0 Å². The maximum atomic E-state index is 10.4. The van der Waals surface area contributed by atoms with Gasteiger partial charge in [-0.05, 0) is 11.6 Å². The summed E-state index contributed by atoms with van der Waals surface area (Å²) in [6, 6.07) is 16.0. The summed E-state index contributed by atoms with van der Waals surface area (Å²) in [5.41, 5.74) is 2.95. The molecule has 0 spiro atoms. The van der Waals surface area contributed by atoms with Crippen molar-refractivity contribution in [3.8, 4) is 16.9 Å². The molecule has 2 rings (SSSR count). The van der Waals surface area contributed by atoms with E-state index in [2.05, 4.69) is 25.3 Å². The lowest BCUT2D eigenvalue weighted by molar-refractivity contribution is -0.884. The summed E-state index contributed by atoms with van der Waals surface area (Å²) in [5.74, 6) is 0.400. The molecule has 6 nitrogen and oxygen atoms in total. The third-order valence-corrected chi connectivity index (χ3v) is 3.46. The maximum Gasteiger partial charge on any atom is 0.217 e. The zero-order valence-corrected chi connectivity index (χ0v) is 15.1. The summed E-state index contributed by atoms with van der Waals surface area (Å²) >= 11 is 0. The van der Waals surface area contributed by atoms with E-state index in [1.54, 1.807) is 0 Å². The third-order valence-electron chi connectivity index (χ3n) is 3.05. The van der Waals surface area contributed by atoms with Crippen LogP contribution in [0.2, 0.25) is 0 Å². The Morgan fingerprint density at radius 2 is 1.58 bits per heavy atom. The molecular formula is C17H23NO5S. The van der Waals surface area contributed by atoms with E-state index in [9.17, 15) is 18.1 Å². The van der Waals surface area contributed by atoms with Crippen LogP contribution in [0.1, 0.15) is 5.56 Å². The fourth-order valence-electron chi connectivity index (χ4n) is 2.08. The first-order chi connectivity index (χ1) is 11.0. The Hall–Kier alpha value is -1.93. The van der Waals surface area contributed by atoms with E-state index in [4.69, 9.17) is 0 Å². The first-order valence-corrected chi connectivity index (χ1v) is 8.55. The molecule has 2 aromatic rings. The summed E-state index contributed by atoms with van der Waals surface area (Å²) in [6.45, 7) is 0.812. The molecule has 0 atom stereocenters. The SMILES string of the molecule is COS(=O)(=O)[O-].C[N+](C)(C)Cc1cccc(-c2ccccc2)c1O. The van der Waals surface area contributed by atoms with Gasteiger partial charge < -0.3 is 14.1 Å². The fourth-order valence-corrected chi connectivity index (χ4v) is 2.08. The normalized spacial score (nSPS) is 11.5. The number of phenolic OH excluding ortho intramolecular Hbond substituents is 1. The van der Waals surface area contributed by atoms with Gasteiger partial charge >= 0.3 is 0 Å². The zero-order chi connectivity index (χ0) is 18.4. The molecule has 132 valence electrons. The highest BCUT2D eigenvalue weighted by molar-refractivity contribution is 7.80. The summed E-state index contributed by atoms with van der Waals surface area (Å²) in [6.07, 6.45) is 0. The first kappa shape index (κ1) is 20.1. The average molecular weight is 353 g/mol. The molecule has 0 saturated heterocycles. The molecule has 0 heterocycles. The molecule has 0 unspecified atom stereocenters. The molecule has 2 aromatic carbocycles. The summed E-state index contributed by atoms with van der Waals surface area (Å²) in [7, 11) is 2.75. The summed E-state index contributed by atoms with van der Waals surface area (Å²) in [5, 5.41) is 10.4. The Kier molecular flexibility index (Phi) is 6.92. The van der Waals surface area contributed by atoms with Crippen LogP contribution in [0, 0.1) is 0 Å². The molecule has 0 radical (unpaired) electrons. The lowest BCUT2D eigenvalue weighted by Crippen LogP contribution is -2.33. The van der Waals surface area contributed by atoms with Crippen LogP contribution in [-0.2, 0) is 21.1 Å². The maximum absolute atomic E-state index is 10.4. The largest absolute Gasteiger partial charge is 0.726 e. The van der Waals surface area contributed by atoms with Crippen LogP contribution in [-0.4, -0.2) is 50.8 Å². The van der Waals surface area contributed by atoms with Gasteiger partial charge in [0.15, 0.2) is 0 Å². The van der Waals surface area contributed by atoms with E-state index in [-0.39, 0.29) is 0 Å². The van der Waals surface area contributed by atoms with Crippen LogP contribution in [0.4, 0.5) is 0 Å². The van der Waals surface area contributed by atoms with Gasteiger partial charge in [0, 0.05) is 11.1 Å². The van der Waals surface area contributed by atoms with Gasteiger partial charge in [-0.2, -0.15) is 0 Å². The van der Waals surface area contributed by atoms with Crippen molar-refractivity contribution in [1.29, 1.82) is 0 Å². The number of benzene rings is 2. The molecule has 0 aliphatic heterocycles. The van der Waals surface area contributed by atoms with Crippen molar-refractivity contribution in [3.05, 3.63) is 54.1 Å². The Morgan fingerprint density at radius 1 is 1.04 bits per heavy atom. The number of rotatable bonds is 4. The average Bonchev–Trinajstić information content (AvgIpc) is 2.49. The van der Waals surface area contributed by atoms with Gasteiger partial charge in [-0.15, -0.1) is 0 Å². The lowest BCUT2D eigenvalue weighted by atomic mass is 10.0. The van der Waals surface area contributed by atoms with Crippen LogP contribution in [0.15, 0.2) is 48.5 Å². The number of aromatic hydroxyl groups is 1. The quantitative estimate of drug-likeness (QED) is 0.518. The molecule has 0 aliphatic carbocycles. The summed E-state index contributed by atoms with van der Waals surface area (Å²) in [4.78, 5) is 0. The topological polar surface area (TPSA) is 86.7 Å². The smallest absolute Gasteiger partial charge is 0.217 e. The van der Waals surface area contributed by atoms with Gasteiger partial charge in [-0.3, -0.25) is 4.18 Å². The standard InChI is InChI=1S/C16H19NO.CH4O4S/c1-17(2,3)12-14-10-7-11-15(16(14)18)13-8-5-4-6-9-13;1-5-6(2,3)4/h4-11H,12H2,1-3H3;1H3,(H,2,3,4). The van der Waals surface area contributed by atoms with Crippen LogP contribution in [0.5, 0.6) is 5.75 Å². The van der Waals surface area contributed by atoms with E-state index in [0.717, 1.165) is 34.8 Å². The Labute approximate surface area is 143 Å². The molecule has 0 bridgehead atoms. The van der Waals surface area contributed by atoms with Crippen LogP contribution in [0.25, 0.3) is 11.1 Å². The number of quaternary nitrogens is 1. The molecule has 0 amide bonds. The van der Waals surface area contributed by atoms with Crippen LogP contribution in [0.3, 0.4) is 0 Å². The minimum atomic E-state index is -4.41. The van der Waals surface area contributed by atoms with E-state index < -0.39 is 10.4 Å². The second-order valence-electron chi connectivity index (χ2n) is 6.20. The van der Waals surface area contributed by atoms with Crippen molar-refractivity contribution in [2.45, 2.75) is 6.54 Å². The van der Waals surface area contributed by atoms with Crippen molar-refractivity contribution in [3.63, 3.8) is 0 Å². The first-order valence-electron chi connectivity index (χ1n) is 7.21. The third kappa shape index (κ3) is 7.10. The molecule has 7 heteroatoms. The highest BCUT2D eigenvalue weighted by atomic mass is 32.3. The summed E-state index contributed by atoms with van der Waals surface area (Å²) < 4.78 is 31.8. The van der Waals surface area contributed by atoms with Crippen molar-refractivity contribution in [2.75, 3.05) is 28.3 Å². The predicted octanol–water partition coefficient (Wildman–Crippen LogP) is 2.36. The van der Waals surface area contributed by atoms with Crippen molar-refractivity contribution in [2.24, 2.45) is 0 Å². The minimum Gasteiger partial charge on any atom is -0.726 e. The van der Waals surface area contributed by atoms with Crippen LogP contribution < -0.4 is 0 Å². The van der Waals surface area contributed by atoms with E-state index in [1.807, 2.05) is 48.5 Å². The van der Waals surface area contributed by atoms with Crippen LogP contribution >= 0.6 is 0 Å². The van der Waals surface area contributed by atoms with Gasteiger partial charge in [0.1, 0.15) is 12.3 Å². The molecule has 0 fully saturated rings. The number of nitrogens with zero attached hydrogens (tertiary/aromatic N) is 1. The Bertz CT molecular complexity index is 752. The highest BCUT2D eigenvalue weighted by Gasteiger charge is 2.15. The second-order valence-corrected chi connectivity index (χ2v) is 7.35. The zero-order valence-electron chi connectivity index (χ0n) is 14.3. The number of para-hydroxylation sites is 1. The molecule has 0 saturated carbocycles. The molecule has 0 aliphatic rings. The molecule has 0 aromatic heterocycles. The molecule has 1 N–H and O–H groups in total.